The van der Waals surface area contributed by atoms with Crippen molar-refractivity contribution < 1.29 is 14.4 Å². The molecule has 1 aliphatic rings. The molecule has 0 aliphatic carbocycles. The Morgan fingerprint density at radius 3 is 2.60 bits per heavy atom. The molecule has 5 nitrogen and oxygen atoms in total. The third-order valence-corrected chi connectivity index (χ3v) is 4.26. The fourth-order valence-corrected chi connectivity index (χ4v) is 2.99. The zero-order chi connectivity index (χ0) is 18.0. The van der Waals surface area contributed by atoms with E-state index in [1.54, 1.807) is 36.4 Å². The number of carbonyl (C=O) groups is 3. The van der Waals surface area contributed by atoms with Gasteiger partial charge in [0.1, 0.15) is 0 Å². The number of nitrogens with zero attached hydrogens (tertiary/aromatic N) is 1. The predicted molar refractivity (Wildman–Crippen MR) is 95.9 cm³/mol. The molecule has 2 aromatic rings. The third kappa shape index (κ3) is 3.72. The summed E-state index contributed by atoms with van der Waals surface area (Å²) in [4.78, 5) is 37.9. The van der Waals surface area contributed by atoms with E-state index in [1.807, 2.05) is 13.0 Å². The van der Waals surface area contributed by atoms with Crippen LogP contribution in [0, 0.1) is 6.92 Å². The number of carbonyl (C=O) groups excluding carboxylic acids is 3. The molecule has 25 heavy (non-hydrogen) atoms. The third-order valence-electron chi connectivity index (χ3n) is 4.02. The molecule has 0 saturated carbocycles. The van der Waals surface area contributed by atoms with Crippen LogP contribution in [0.15, 0.2) is 42.5 Å². The lowest BCUT2D eigenvalue weighted by molar-refractivity contribution is -0.116. The molecule has 0 radical (unpaired) electrons. The number of rotatable bonds is 5. The molecule has 1 N–H and O–H groups in total. The van der Waals surface area contributed by atoms with Gasteiger partial charge in [0.2, 0.25) is 5.91 Å². The number of benzene rings is 2. The van der Waals surface area contributed by atoms with Gasteiger partial charge in [-0.25, -0.2) is 0 Å². The van der Waals surface area contributed by atoms with Crippen molar-refractivity contribution in [3.8, 4) is 0 Å². The van der Waals surface area contributed by atoms with Gasteiger partial charge in [-0.1, -0.05) is 29.3 Å². The van der Waals surface area contributed by atoms with Crippen LogP contribution in [0.1, 0.15) is 39.1 Å². The van der Waals surface area contributed by atoms with Crippen molar-refractivity contribution in [1.29, 1.82) is 0 Å². The minimum Gasteiger partial charge on any atom is -0.326 e. The standard InChI is InChI=1S/C19H17ClN2O3/c1-12-7-8-15-16(10-12)19(25)22(18(15)24)9-3-6-17(23)21-14-5-2-4-13(20)11-14/h2,4-5,7-8,10-11H,3,6,9H2,1H3,(H,21,23). The van der Waals surface area contributed by atoms with E-state index in [9.17, 15) is 14.4 Å². The van der Waals surface area contributed by atoms with Crippen LogP contribution in [0.2, 0.25) is 5.02 Å². The number of amides is 3. The predicted octanol–water partition coefficient (Wildman–Crippen LogP) is 3.66. The quantitative estimate of drug-likeness (QED) is 0.831. The maximum absolute atomic E-state index is 12.4. The highest BCUT2D eigenvalue weighted by Crippen LogP contribution is 2.24. The number of imide groups is 1. The number of anilines is 1. The molecule has 1 aliphatic heterocycles. The molecule has 0 atom stereocenters. The van der Waals surface area contributed by atoms with Gasteiger partial charge in [-0.2, -0.15) is 0 Å². The van der Waals surface area contributed by atoms with E-state index in [-0.39, 0.29) is 30.7 Å². The van der Waals surface area contributed by atoms with Gasteiger partial charge in [0.05, 0.1) is 11.1 Å². The van der Waals surface area contributed by atoms with Crippen LogP contribution >= 0.6 is 11.6 Å². The second kappa shape index (κ2) is 7.07. The SMILES string of the molecule is Cc1ccc2c(c1)C(=O)N(CCCC(=O)Nc1cccc(Cl)c1)C2=O. The smallest absolute Gasteiger partial charge is 0.261 e. The lowest BCUT2D eigenvalue weighted by Gasteiger charge is -2.13. The Labute approximate surface area is 150 Å². The van der Waals surface area contributed by atoms with Gasteiger partial charge in [0, 0.05) is 23.7 Å². The van der Waals surface area contributed by atoms with Crippen molar-refractivity contribution in [1.82, 2.24) is 4.90 Å². The second-order valence-electron chi connectivity index (χ2n) is 5.97. The molecular formula is C19H17ClN2O3. The van der Waals surface area contributed by atoms with Gasteiger partial charge in [-0.05, 0) is 43.7 Å². The molecule has 0 bridgehead atoms. The first-order chi connectivity index (χ1) is 12.0. The molecule has 0 saturated heterocycles. The molecule has 3 amide bonds. The molecule has 2 aromatic carbocycles. The monoisotopic (exact) mass is 356 g/mol. The van der Waals surface area contributed by atoms with E-state index in [1.165, 1.54) is 4.90 Å². The summed E-state index contributed by atoms with van der Waals surface area (Å²) in [6.45, 7) is 2.09. The Morgan fingerprint density at radius 1 is 1.08 bits per heavy atom. The van der Waals surface area contributed by atoms with Gasteiger partial charge in [0.15, 0.2) is 0 Å². The largest absolute Gasteiger partial charge is 0.326 e. The van der Waals surface area contributed by atoms with Crippen LogP contribution in [0.25, 0.3) is 0 Å². The van der Waals surface area contributed by atoms with Crippen molar-refractivity contribution in [2.45, 2.75) is 19.8 Å². The van der Waals surface area contributed by atoms with E-state index in [2.05, 4.69) is 5.32 Å². The number of halogens is 1. The summed E-state index contributed by atoms with van der Waals surface area (Å²) >= 11 is 5.87. The molecule has 0 aromatic heterocycles. The van der Waals surface area contributed by atoms with Crippen molar-refractivity contribution in [2.75, 3.05) is 11.9 Å². The Morgan fingerprint density at radius 2 is 1.84 bits per heavy atom. The maximum atomic E-state index is 12.4. The van der Waals surface area contributed by atoms with Crippen molar-refractivity contribution >= 4 is 35.0 Å². The van der Waals surface area contributed by atoms with Gasteiger partial charge in [-0.3, -0.25) is 19.3 Å². The average molecular weight is 357 g/mol. The van der Waals surface area contributed by atoms with Crippen LogP contribution in [0.3, 0.4) is 0 Å². The summed E-state index contributed by atoms with van der Waals surface area (Å²) < 4.78 is 0. The Hall–Kier alpha value is -2.66. The Kier molecular flexibility index (Phi) is 4.86. The van der Waals surface area contributed by atoms with Gasteiger partial charge in [-0.15, -0.1) is 0 Å². The number of hydrogen-bond donors (Lipinski definition) is 1. The number of aryl methyl sites for hydroxylation is 1. The lowest BCUT2D eigenvalue weighted by atomic mass is 10.1. The van der Waals surface area contributed by atoms with E-state index < -0.39 is 0 Å². The van der Waals surface area contributed by atoms with Crippen molar-refractivity contribution in [3.05, 3.63) is 64.2 Å². The lowest BCUT2D eigenvalue weighted by Crippen LogP contribution is -2.31. The van der Waals surface area contributed by atoms with Crippen LogP contribution in [-0.2, 0) is 4.79 Å². The van der Waals surface area contributed by atoms with Gasteiger partial charge >= 0.3 is 0 Å². The number of hydrogen-bond acceptors (Lipinski definition) is 3. The van der Waals surface area contributed by atoms with Gasteiger partial charge < -0.3 is 5.32 Å². The minimum atomic E-state index is -0.296. The summed E-state index contributed by atoms with van der Waals surface area (Å²) in [7, 11) is 0. The fraction of sp³-hybridized carbons (Fsp3) is 0.211. The summed E-state index contributed by atoms with van der Waals surface area (Å²) in [5.74, 6) is -0.774. The van der Waals surface area contributed by atoms with Crippen LogP contribution < -0.4 is 5.32 Å². The van der Waals surface area contributed by atoms with Crippen LogP contribution in [0.4, 0.5) is 5.69 Å². The van der Waals surface area contributed by atoms with Gasteiger partial charge in [0.25, 0.3) is 11.8 Å². The second-order valence-corrected chi connectivity index (χ2v) is 6.41. The highest BCUT2D eigenvalue weighted by molar-refractivity contribution is 6.30. The van der Waals surface area contributed by atoms with E-state index in [0.717, 1.165) is 5.56 Å². The first-order valence-electron chi connectivity index (χ1n) is 7.98. The summed E-state index contributed by atoms with van der Waals surface area (Å²) in [5.41, 5.74) is 2.42. The van der Waals surface area contributed by atoms with E-state index >= 15 is 0 Å². The molecule has 0 unspecified atom stereocenters. The highest BCUT2D eigenvalue weighted by Gasteiger charge is 2.34. The highest BCUT2D eigenvalue weighted by atomic mass is 35.5. The Balaban J connectivity index is 1.55. The molecule has 0 fully saturated rings. The van der Waals surface area contributed by atoms with Crippen molar-refractivity contribution in [3.63, 3.8) is 0 Å². The normalized spacial score (nSPS) is 13.1. The summed E-state index contributed by atoms with van der Waals surface area (Å²) in [5, 5.41) is 3.28. The first kappa shape index (κ1) is 17.2. The number of fused-ring (bicyclic) bond motifs is 1. The average Bonchev–Trinajstić information content (AvgIpc) is 2.79. The topological polar surface area (TPSA) is 66.5 Å². The van der Waals surface area contributed by atoms with E-state index in [0.29, 0.717) is 28.3 Å². The fourth-order valence-electron chi connectivity index (χ4n) is 2.80. The Bertz CT molecular complexity index is 863. The molecule has 0 spiro atoms. The molecule has 6 heteroatoms. The molecule has 3 rings (SSSR count). The zero-order valence-electron chi connectivity index (χ0n) is 13.7. The van der Waals surface area contributed by atoms with Crippen LogP contribution in [0.5, 0.6) is 0 Å². The first-order valence-corrected chi connectivity index (χ1v) is 8.36. The van der Waals surface area contributed by atoms with E-state index in [4.69, 9.17) is 11.6 Å². The van der Waals surface area contributed by atoms with Crippen molar-refractivity contribution in [2.24, 2.45) is 0 Å². The maximum Gasteiger partial charge on any atom is 0.261 e. The molecule has 128 valence electrons. The molecular weight excluding hydrogens is 340 g/mol. The number of nitrogens with one attached hydrogen (secondary N) is 1. The summed E-state index contributed by atoms with van der Waals surface area (Å²) in [6, 6.07) is 12.1. The summed E-state index contributed by atoms with van der Waals surface area (Å²) in [6.07, 6.45) is 0.607. The molecule has 1 heterocycles. The van der Waals surface area contributed by atoms with Crippen LogP contribution in [-0.4, -0.2) is 29.2 Å². The minimum absolute atomic E-state index is 0.185. The zero-order valence-corrected chi connectivity index (χ0v) is 14.5.